The minimum absolute atomic E-state index is 0.0238. The zero-order chi connectivity index (χ0) is 13.8. The number of halogens is 3. The zero-order valence-corrected chi connectivity index (χ0v) is 10.7. The smallest absolute Gasteiger partial charge is 0.437 e. The van der Waals surface area contributed by atoms with Gasteiger partial charge in [-0.3, -0.25) is 4.79 Å². The number of nitrogens with one attached hydrogen (secondary N) is 1. The van der Waals surface area contributed by atoms with E-state index < -0.39 is 12.1 Å². The van der Waals surface area contributed by atoms with E-state index in [-0.39, 0.29) is 6.54 Å². The fourth-order valence-electron chi connectivity index (χ4n) is 1.04. The van der Waals surface area contributed by atoms with E-state index >= 15 is 0 Å². The average Bonchev–Trinajstić information content (AvgIpc) is 2.56. The monoisotopic (exact) mass is 282 g/mol. The zero-order valence-electron chi connectivity index (χ0n) is 9.93. The summed E-state index contributed by atoms with van der Waals surface area (Å²) < 4.78 is 40.8. The standard InChI is InChI=1S/C10H13F3N2O2S/c1-6-7(2)17-9(15-6)18-5-3-4-14-8(16)10(11,12)13/h3-5H2,1-2H3,(H,14,16). The number of carbonyl (C=O) groups is 1. The molecule has 0 aliphatic rings. The van der Waals surface area contributed by atoms with Crippen molar-refractivity contribution in [3.63, 3.8) is 0 Å². The van der Waals surface area contributed by atoms with Gasteiger partial charge in [-0.2, -0.15) is 13.2 Å². The van der Waals surface area contributed by atoms with E-state index in [9.17, 15) is 18.0 Å². The number of amides is 1. The molecule has 0 aromatic carbocycles. The molecular formula is C10H13F3N2O2S. The molecule has 0 saturated heterocycles. The Morgan fingerprint density at radius 3 is 2.61 bits per heavy atom. The molecule has 1 aromatic rings. The van der Waals surface area contributed by atoms with E-state index in [2.05, 4.69) is 4.98 Å². The number of thioether (sulfide) groups is 1. The molecule has 4 nitrogen and oxygen atoms in total. The lowest BCUT2D eigenvalue weighted by Crippen LogP contribution is -2.37. The molecule has 0 atom stereocenters. The Bertz CT molecular complexity index is 398. The van der Waals surface area contributed by atoms with Crippen molar-refractivity contribution in [1.29, 1.82) is 0 Å². The first-order chi connectivity index (χ1) is 8.30. The highest BCUT2D eigenvalue weighted by atomic mass is 32.2. The van der Waals surface area contributed by atoms with Crippen molar-refractivity contribution in [2.45, 2.75) is 31.7 Å². The number of hydrogen-bond donors (Lipinski definition) is 1. The highest BCUT2D eigenvalue weighted by molar-refractivity contribution is 7.99. The summed E-state index contributed by atoms with van der Waals surface area (Å²) in [5, 5.41) is 2.29. The van der Waals surface area contributed by atoms with Crippen LogP contribution in [0.3, 0.4) is 0 Å². The molecule has 0 aliphatic carbocycles. The van der Waals surface area contributed by atoms with E-state index in [4.69, 9.17) is 4.42 Å². The summed E-state index contributed by atoms with van der Waals surface area (Å²) in [6.07, 6.45) is -4.41. The van der Waals surface area contributed by atoms with Crippen LogP contribution in [0.4, 0.5) is 13.2 Å². The summed E-state index contributed by atoms with van der Waals surface area (Å²) >= 11 is 1.30. The normalized spacial score (nSPS) is 11.6. The lowest BCUT2D eigenvalue weighted by atomic mass is 10.4. The molecule has 0 aliphatic heterocycles. The van der Waals surface area contributed by atoms with Crippen LogP contribution in [0.25, 0.3) is 0 Å². The second kappa shape index (κ2) is 6.12. The number of rotatable bonds is 5. The lowest BCUT2D eigenvalue weighted by Gasteiger charge is -2.06. The largest absolute Gasteiger partial charge is 0.471 e. The number of aryl methyl sites for hydroxylation is 2. The summed E-state index contributed by atoms with van der Waals surface area (Å²) in [5.74, 6) is -0.657. The highest BCUT2D eigenvalue weighted by Crippen LogP contribution is 2.20. The van der Waals surface area contributed by atoms with Gasteiger partial charge in [-0.25, -0.2) is 4.98 Å². The van der Waals surface area contributed by atoms with Crippen LogP contribution < -0.4 is 5.32 Å². The maximum Gasteiger partial charge on any atom is 0.471 e. The lowest BCUT2D eigenvalue weighted by molar-refractivity contribution is -0.173. The van der Waals surface area contributed by atoms with Crippen molar-refractivity contribution in [2.75, 3.05) is 12.3 Å². The SMILES string of the molecule is Cc1nc(SCCCNC(=O)C(F)(F)F)oc1C. The number of aromatic nitrogens is 1. The van der Waals surface area contributed by atoms with E-state index in [1.807, 2.05) is 6.92 Å². The minimum atomic E-state index is -4.82. The molecule has 102 valence electrons. The summed E-state index contributed by atoms with van der Waals surface area (Å²) in [7, 11) is 0. The molecule has 8 heteroatoms. The molecule has 0 unspecified atom stereocenters. The van der Waals surface area contributed by atoms with Crippen LogP contribution in [0.2, 0.25) is 0 Å². The van der Waals surface area contributed by atoms with E-state index in [1.165, 1.54) is 11.8 Å². The van der Waals surface area contributed by atoms with Gasteiger partial charge in [0.05, 0.1) is 5.69 Å². The van der Waals surface area contributed by atoms with Crippen LogP contribution in [-0.2, 0) is 4.79 Å². The summed E-state index contributed by atoms with van der Waals surface area (Å²) in [6.45, 7) is 3.58. The molecular weight excluding hydrogens is 269 g/mol. The molecule has 1 amide bonds. The number of hydrogen-bond acceptors (Lipinski definition) is 4. The number of alkyl halides is 3. The predicted octanol–water partition coefficient (Wildman–Crippen LogP) is 2.45. The molecule has 0 spiro atoms. The van der Waals surface area contributed by atoms with Crippen LogP contribution in [0, 0.1) is 13.8 Å². The quantitative estimate of drug-likeness (QED) is 0.666. The first-order valence-corrected chi connectivity index (χ1v) is 6.21. The predicted molar refractivity (Wildman–Crippen MR) is 60.4 cm³/mol. The Hall–Kier alpha value is -1.18. The molecule has 1 aromatic heterocycles. The number of carbonyl (C=O) groups excluding carboxylic acids is 1. The molecule has 0 radical (unpaired) electrons. The van der Waals surface area contributed by atoms with Crippen molar-refractivity contribution in [2.24, 2.45) is 0 Å². The van der Waals surface area contributed by atoms with Crippen LogP contribution in [0.15, 0.2) is 9.64 Å². The maximum absolute atomic E-state index is 11.8. The Morgan fingerprint density at radius 1 is 1.44 bits per heavy atom. The third kappa shape index (κ3) is 4.59. The van der Waals surface area contributed by atoms with Crippen molar-refractivity contribution in [3.05, 3.63) is 11.5 Å². The van der Waals surface area contributed by atoms with Gasteiger partial charge >= 0.3 is 12.1 Å². The fourth-order valence-corrected chi connectivity index (χ4v) is 1.89. The van der Waals surface area contributed by atoms with Gasteiger partial charge in [-0.15, -0.1) is 0 Å². The van der Waals surface area contributed by atoms with Crippen molar-refractivity contribution < 1.29 is 22.4 Å². The Labute approximate surface area is 106 Å². The van der Waals surface area contributed by atoms with Gasteiger partial charge < -0.3 is 9.73 Å². The summed E-state index contributed by atoms with van der Waals surface area (Å²) in [5.41, 5.74) is 0.794. The fraction of sp³-hybridized carbons (Fsp3) is 0.600. The summed E-state index contributed by atoms with van der Waals surface area (Å²) in [6, 6.07) is 0. The first-order valence-electron chi connectivity index (χ1n) is 5.22. The van der Waals surface area contributed by atoms with Gasteiger partial charge in [0, 0.05) is 12.3 Å². The molecule has 1 N–H and O–H groups in total. The van der Waals surface area contributed by atoms with Crippen LogP contribution >= 0.6 is 11.8 Å². The molecule has 0 bridgehead atoms. The maximum atomic E-state index is 11.8. The van der Waals surface area contributed by atoms with Crippen molar-refractivity contribution in [3.8, 4) is 0 Å². The molecule has 0 fully saturated rings. The van der Waals surface area contributed by atoms with Gasteiger partial charge in [0.15, 0.2) is 0 Å². The minimum Gasteiger partial charge on any atom is -0.437 e. The molecule has 1 rings (SSSR count). The summed E-state index contributed by atoms with van der Waals surface area (Å²) in [4.78, 5) is 14.6. The third-order valence-corrected chi connectivity index (χ3v) is 3.01. The van der Waals surface area contributed by atoms with Gasteiger partial charge in [0.25, 0.3) is 5.22 Å². The second-order valence-corrected chi connectivity index (χ2v) is 4.62. The van der Waals surface area contributed by atoms with Crippen LogP contribution in [0.5, 0.6) is 0 Å². The van der Waals surface area contributed by atoms with Crippen LogP contribution in [-0.4, -0.2) is 29.4 Å². The molecule has 1 heterocycles. The molecule has 0 saturated carbocycles. The van der Waals surface area contributed by atoms with E-state index in [0.717, 1.165) is 11.5 Å². The van der Waals surface area contributed by atoms with E-state index in [1.54, 1.807) is 12.2 Å². The Balaban J connectivity index is 2.18. The van der Waals surface area contributed by atoms with Gasteiger partial charge in [-0.05, 0) is 20.3 Å². The number of nitrogens with zero attached hydrogens (tertiary/aromatic N) is 1. The second-order valence-electron chi connectivity index (χ2n) is 3.58. The van der Waals surface area contributed by atoms with Crippen molar-refractivity contribution in [1.82, 2.24) is 10.3 Å². The van der Waals surface area contributed by atoms with Gasteiger partial charge in [-0.1, -0.05) is 11.8 Å². The molecule has 18 heavy (non-hydrogen) atoms. The van der Waals surface area contributed by atoms with Crippen molar-refractivity contribution >= 4 is 17.7 Å². The van der Waals surface area contributed by atoms with E-state index in [0.29, 0.717) is 17.4 Å². The highest BCUT2D eigenvalue weighted by Gasteiger charge is 2.38. The van der Waals surface area contributed by atoms with Crippen LogP contribution in [0.1, 0.15) is 17.9 Å². The average molecular weight is 282 g/mol. The Morgan fingerprint density at radius 2 is 2.11 bits per heavy atom. The first kappa shape index (κ1) is 14.9. The third-order valence-electron chi connectivity index (χ3n) is 2.10. The van der Waals surface area contributed by atoms with Gasteiger partial charge in [0.1, 0.15) is 5.76 Å². The number of oxazole rings is 1. The van der Waals surface area contributed by atoms with Gasteiger partial charge in [0.2, 0.25) is 0 Å². The Kier molecular flexibility index (Phi) is 5.06. The topological polar surface area (TPSA) is 55.1 Å².